The molecule has 1 nitrogen and oxygen atoms in total. The maximum atomic E-state index is 5.92. The first-order chi connectivity index (χ1) is 5.15. The number of hydrogen-bond acceptors (Lipinski definition) is 1. The summed E-state index contributed by atoms with van der Waals surface area (Å²) in [4.78, 5) is 4.25. The van der Waals surface area contributed by atoms with Crippen LogP contribution < -0.4 is 0 Å². The molecule has 0 fully saturated rings. The van der Waals surface area contributed by atoms with E-state index in [1.54, 1.807) is 6.08 Å². The van der Waals surface area contributed by atoms with Gasteiger partial charge in [-0.3, -0.25) is 4.98 Å². The van der Waals surface area contributed by atoms with Crippen molar-refractivity contribution < 1.29 is 0 Å². The minimum atomic E-state index is 0.727. The summed E-state index contributed by atoms with van der Waals surface area (Å²) in [5.41, 5.74) is 2.81. The number of aromatic nitrogens is 1. The molecule has 0 saturated carbocycles. The second-order valence-electron chi connectivity index (χ2n) is 2.45. The fraction of sp³-hybridized carbons (Fsp3) is 0.222. The first kappa shape index (κ1) is 8.28. The monoisotopic (exact) mass is 167 g/mol. The number of nitrogens with zero attached hydrogens (tertiary/aromatic N) is 1. The number of rotatable bonds is 1. The average Bonchev–Trinajstić information content (AvgIpc) is 1.85. The molecular weight excluding hydrogens is 158 g/mol. The molecule has 0 aliphatic heterocycles. The van der Waals surface area contributed by atoms with Crippen LogP contribution >= 0.6 is 11.6 Å². The third-order valence-electron chi connectivity index (χ3n) is 1.53. The SMILES string of the molecule is C=Cc1c(Cl)cc(C)nc1C. The summed E-state index contributed by atoms with van der Waals surface area (Å²) in [6.07, 6.45) is 1.73. The third kappa shape index (κ3) is 1.60. The van der Waals surface area contributed by atoms with Crippen LogP contribution in [-0.4, -0.2) is 4.98 Å². The summed E-state index contributed by atoms with van der Waals surface area (Å²) in [6, 6.07) is 1.84. The van der Waals surface area contributed by atoms with Gasteiger partial charge < -0.3 is 0 Å². The smallest absolute Gasteiger partial charge is 0.0514 e. The zero-order valence-electron chi connectivity index (χ0n) is 6.69. The number of hydrogen-bond donors (Lipinski definition) is 0. The Morgan fingerprint density at radius 2 is 2.18 bits per heavy atom. The van der Waals surface area contributed by atoms with E-state index in [9.17, 15) is 0 Å². The summed E-state index contributed by atoms with van der Waals surface area (Å²) in [5.74, 6) is 0. The molecule has 1 aromatic rings. The predicted octanol–water partition coefficient (Wildman–Crippen LogP) is 2.99. The molecule has 0 spiro atoms. The van der Waals surface area contributed by atoms with Crippen LogP contribution in [0.3, 0.4) is 0 Å². The van der Waals surface area contributed by atoms with Gasteiger partial charge in [-0.05, 0) is 19.9 Å². The van der Waals surface area contributed by atoms with Crippen LogP contribution in [-0.2, 0) is 0 Å². The van der Waals surface area contributed by atoms with Gasteiger partial charge in [-0.2, -0.15) is 0 Å². The van der Waals surface area contributed by atoms with E-state index in [0.29, 0.717) is 0 Å². The van der Waals surface area contributed by atoms with Crippen LogP contribution in [0.4, 0.5) is 0 Å². The number of pyridine rings is 1. The normalized spacial score (nSPS) is 9.73. The summed E-state index contributed by atoms with van der Waals surface area (Å²) in [6.45, 7) is 7.51. The Bertz CT molecular complexity index is 269. The molecule has 1 rings (SSSR count). The van der Waals surface area contributed by atoms with Crippen molar-refractivity contribution in [2.24, 2.45) is 0 Å². The molecule has 0 bridgehead atoms. The molecular formula is C9H10ClN. The van der Waals surface area contributed by atoms with E-state index in [1.165, 1.54) is 0 Å². The van der Waals surface area contributed by atoms with Crippen LogP contribution in [0.15, 0.2) is 12.6 Å². The van der Waals surface area contributed by atoms with Gasteiger partial charge in [0, 0.05) is 17.0 Å². The van der Waals surface area contributed by atoms with Crippen LogP contribution in [0.1, 0.15) is 17.0 Å². The lowest BCUT2D eigenvalue weighted by Gasteiger charge is -2.02. The highest BCUT2D eigenvalue weighted by atomic mass is 35.5. The van der Waals surface area contributed by atoms with Crippen LogP contribution in [0.2, 0.25) is 5.02 Å². The maximum Gasteiger partial charge on any atom is 0.0514 e. The van der Waals surface area contributed by atoms with Crippen molar-refractivity contribution in [2.75, 3.05) is 0 Å². The fourth-order valence-electron chi connectivity index (χ4n) is 1.04. The molecule has 2 heteroatoms. The van der Waals surface area contributed by atoms with E-state index >= 15 is 0 Å². The van der Waals surface area contributed by atoms with Gasteiger partial charge in [0.05, 0.1) is 5.02 Å². The second-order valence-corrected chi connectivity index (χ2v) is 2.86. The molecule has 0 N–H and O–H groups in total. The van der Waals surface area contributed by atoms with E-state index in [0.717, 1.165) is 22.0 Å². The van der Waals surface area contributed by atoms with Crippen molar-refractivity contribution in [3.63, 3.8) is 0 Å². The molecule has 1 heterocycles. The number of aryl methyl sites for hydroxylation is 2. The van der Waals surface area contributed by atoms with Gasteiger partial charge in [0.15, 0.2) is 0 Å². The average molecular weight is 168 g/mol. The zero-order valence-corrected chi connectivity index (χ0v) is 7.44. The van der Waals surface area contributed by atoms with E-state index in [4.69, 9.17) is 11.6 Å². The molecule has 0 aliphatic rings. The van der Waals surface area contributed by atoms with E-state index in [1.807, 2.05) is 19.9 Å². The Kier molecular flexibility index (Phi) is 2.30. The Hall–Kier alpha value is -0.820. The van der Waals surface area contributed by atoms with Crippen molar-refractivity contribution >= 4 is 17.7 Å². The van der Waals surface area contributed by atoms with Crippen molar-refractivity contribution in [3.05, 3.63) is 34.6 Å². The first-order valence-electron chi connectivity index (χ1n) is 3.41. The maximum absolute atomic E-state index is 5.92. The lowest BCUT2D eigenvalue weighted by atomic mass is 10.2. The van der Waals surface area contributed by atoms with E-state index in [2.05, 4.69) is 11.6 Å². The summed E-state index contributed by atoms with van der Waals surface area (Å²) >= 11 is 5.92. The van der Waals surface area contributed by atoms with Gasteiger partial charge in [0.25, 0.3) is 0 Å². The molecule has 58 valence electrons. The molecule has 0 aliphatic carbocycles. The lowest BCUT2D eigenvalue weighted by Crippen LogP contribution is -1.90. The molecule has 0 amide bonds. The number of halogens is 1. The summed E-state index contributed by atoms with van der Waals surface area (Å²) in [7, 11) is 0. The van der Waals surface area contributed by atoms with Gasteiger partial charge in [-0.15, -0.1) is 0 Å². The standard InChI is InChI=1S/C9H10ClN/c1-4-8-7(3)11-6(2)5-9(8)10/h4-5H,1H2,2-3H3. The van der Waals surface area contributed by atoms with Gasteiger partial charge in [-0.25, -0.2) is 0 Å². The van der Waals surface area contributed by atoms with Crippen LogP contribution in [0, 0.1) is 13.8 Å². The largest absolute Gasteiger partial charge is 0.258 e. The molecule has 0 unspecified atom stereocenters. The van der Waals surface area contributed by atoms with Gasteiger partial charge in [-0.1, -0.05) is 24.3 Å². The van der Waals surface area contributed by atoms with Crippen molar-refractivity contribution in [3.8, 4) is 0 Å². The minimum absolute atomic E-state index is 0.727. The Morgan fingerprint density at radius 3 is 2.64 bits per heavy atom. The van der Waals surface area contributed by atoms with Crippen LogP contribution in [0.25, 0.3) is 6.08 Å². The van der Waals surface area contributed by atoms with Crippen molar-refractivity contribution in [2.45, 2.75) is 13.8 Å². The highest BCUT2D eigenvalue weighted by Crippen LogP contribution is 2.19. The molecule has 0 radical (unpaired) electrons. The second kappa shape index (κ2) is 3.05. The minimum Gasteiger partial charge on any atom is -0.258 e. The highest BCUT2D eigenvalue weighted by molar-refractivity contribution is 6.32. The summed E-state index contributed by atoms with van der Waals surface area (Å²) < 4.78 is 0. The van der Waals surface area contributed by atoms with Gasteiger partial charge >= 0.3 is 0 Å². The van der Waals surface area contributed by atoms with Crippen molar-refractivity contribution in [1.29, 1.82) is 0 Å². The quantitative estimate of drug-likeness (QED) is 0.627. The zero-order chi connectivity index (χ0) is 8.43. The Balaban J connectivity index is 3.36. The molecule has 11 heavy (non-hydrogen) atoms. The Labute approximate surface area is 71.7 Å². The van der Waals surface area contributed by atoms with E-state index in [-0.39, 0.29) is 0 Å². The van der Waals surface area contributed by atoms with Gasteiger partial charge in [0.1, 0.15) is 0 Å². The fourth-order valence-corrected chi connectivity index (χ4v) is 1.41. The molecule has 1 aromatic heterocycles. The molecule has 0 atom stereocenters. The van der Waals surface area contributed by atoms with E-state index < -0.39 is 0 Å². The first-order valence-corrected chi connectivity index (χ1v) is 3.79. The lowest BCUT2D eigenvalue weighted by molar-refractivity contribution is 1.11. The third-order valence-corrected chi connectivity index (χ3v) is 1.84. The molecule has 0 saturated heterocycles. The summed E-state index contributed by atoms with van der Waals surface area (Å²) in [5, 5.41) is 0.727. The highest BCUT2D eigenvalue weighted by Gasteiger charge is 2.01. The predicted molar refractivity (Wildman–Crippen MR) is 48.8 cm³/mol. The van der Waals surface area contributed by atoms with Crippen molar-refractivity contribution in [1.82, 2.24) is 4.98 Å². The topological polar surface area (TPSA) is 12.9 Å². The van der Waals surface area contributed by atoms with Crippen LogP contribution in [0.5, 0.6) is 0 Å². The van der Waals surface area contributed by atoms with Gasteiger partial charge in [0.2, 0.25) is 0 Å². The molecule has 0 aromatic carbocycles. The Morgan fingerprint density at radius 1 is 1.55 bits per heavy atom.